The summed E-state index contributed by atoms with van der Waals surface area (Å²) in [5.41, 5.74) is 0. The molecular weight excluding hydrogens is 306 g/mol. The molecule has 2 heterocycles. The molecule has 0 aromatic carbocycles. The summed E-state index contributed by atoms with van der Waals surface area (Å²) in [4.78, 5) is 16.7. The van der Waals surface area contributed by atoms with Crippen LogP contribution in [0.2, 0.25) is 0 Å². The number of hydrogen-bond acceptors (Lipinski definition) is 4. The Kier molecular flexibility index (Phi) is 5.46. The minimum atomic E-state index is -0.654. The minimum Gasteiger partial charge on any atom is -0.467 e. The number of carbonyl (C=O) groups excluding carboxylic acids is 1. The van der Waals surface area contributed by atoms with E-state index in [-0.39, 0.29) is 12.1 Å². The zero-order chi connectivity index (χ0) is 17.1. The average Bonchev–Trinajstić information content (AvgIpc) is 3.08. The van der Waals surface area contributed by atoms with Gasteiger partial charge in [-0.3, -0.25) is 4.90 Å². The molecule has 1 aromatic heterocycles. The van der Waals surface area contributed by atoms with Crippen LogP contribution in [0.1, 0.15) is 50.9 Å². The Morgan fingerprint density at radius 3 is 2.96 bits per heavy atom. The second-order valence-electron chi connectivity index (χ2n) is 7.19. The molecule has 1 aliphatic carbocycles. The first kappa shape index (κ1) is 17.3. The van der Waals surface area contributed by atoms with E-state index in [1.165, 1.54) is 12.8 Å². The molecule has 6 heteroatoms. The van der Waals surface area contributed by atoms with Crippen molar-refractivity contribution in [3.63, 3.8) is 0 Å². The summed E-state index contributed by atoms with van der Waals surface area (Å²) < 4.78 is 5.26. The van der Waals surface area contributed by atoms with Gasteiger partial charge >= 0.3 is 6.03 Å². The van der Waals surface area contributed by atoms with Crippen LogP contribution < -0.4 is 5.32 Å². The number of rotatable bonds is 7. The van der Waals surface area contributed by atoms with Gasteiger partial charge in [0.2, 0.25) is 0 Å². The quantitative estimate of drug-likeness (QED) is 0.803. The number of urea groups is 1. The summed E-state index contributed by atoms with van der Waals surface area (Å²) in [7, 11) is 2.13. The lowest BCUT2D eigenvalue weighted by Crippen LogP contribution is -2.48. The van der Waals surface area contributed by atoms with Crippen LogP contribution in [0, 0.1) is 0 Å². The maximum absolute atomic E-state index is 12.5. The maximum atomic E-state index is 12.5. The molecule has 1 saturated carbocycles. The van der Waals surface area contributed by atoms with Crippen LogP contribution in [0.15, 0.2) is 22.8 Å². The number of amides is 2. The lowest BCUT2D eigenvalue weighted by Gasteiger charge is -2.29. The van der Waals surface area contributed by atoms with Gasteiger partial charge in [0, 0.05) is 37.6 Å². The van der Waals surface area contributed by atoms with E-state index in [2.05, 4.69) is 24.2 Å². The van der Waals surface area contributed by atoms with Gasteiger partial charge in [-0.15, -0.1) is 0 Å². The Balaban J connectivity index is 1.48. The van der Waals surface area contributed by atoms with Gasteiger partial charge in [0.1, 0.15) is 11.9 Å². The van der Waals surface area contributed by atoms with E-state index in [0.717, 1.165) is 19.4 Å². The van der Waals surface area contributed by atoms with Crippen molar-refractivity contribution in [2.45, 2.75) is 63.3 Å². The van der Waals surface area contributed by atoms with Crippen molar-refractivity contribution < 1.29 is 14.3 Å². The topological polar surface area (TPSA) is 69.0 Å². The van der Waals surface area contributed by atoms with Crippen molar-refractivity contribution in [2.75, 3.05) is 20.1 Å². The summed E-state index contributed by atoms with van der Waals surface area (Å²) in [6, 6.07) is 4.65. The van der Waals surface area contributed by atoms with E-state index in [0.29, 0.717) is 30.8 Å². The molecule has 0 radical (unpaired) electrons. The molecule has 1 saturated heterocycles. The molecule has 3 rings (SSSR count). The zero-order valence-corrected chi connectivity index (χ0v) is 14.6. The van der Waals surface area contributed by atoms with Crippen molar-refractivity contribution in [1.82, 2.24) is 15.1 Å². The van der Waals surface area contributed by atoms with E-state index >= 15 is 0 Å². The molecule has 0 spiro atoms. The number of hydrogen-bond donors (Lipinski definition) is 2. The van der Waals surface area contributed by atoms with Crippen LogP contribution in [-0.4, -0.2) is 59.2 Å². The molecule has 2 fully saturated rings. The third-order valence-corrected chi connectivity index (χ3v) is 5.37. The number of likely N-dealkylation sites (tertiary alicyclic amines) is 1. The average molecular weight is 335 g/mol. The smallest absolute Gasteiger partial charge is 0.317 e. The Morgan fingerprint density at radius 2 is 2.29 bits per heavy atom. The Morgan fingerprint density at radius 1 is 1.50 bits per heavy atom. The summed E-state index contributed by atoms with van der Waals surface area (Å²) in [5, 5.41) is 13.3. The van der Waals surface area contributed by atoms with Crippen molar-refractivity contribution in [3.05, 3.63) is 24.2 Å². The van der Waals surface area contributed by atoms with Gasteiger partial charge in [-0.25, -0.2) is 4.79 Å². The van der Waals surface area contributed by atoms with Gasteiger partial charge < -0.3 is 19.7 Å². The van der Waals surface area contributed by atoms with Gasteiger partial charge in [0.25, 0.3) is 0 Å². The van der Waals surface area contributed by atoms with Crippen LogP contribution in [0.5, 0.6) is 0 Å². The number of likely N-dealkylation sites (N-methyl/N-ethyl adjacent to an activating group) is 1. The first-order valence-electron chi connectivity index (χ1n) is 9.04. The summed E-state index contributed by atoms with van der Waals surface area (Å²) >= 11 is 0. The molecule has 1 aliphatic heterocycles. The number of carbonyl (C=O) groups is 1. The zero-order valence-electron chi connectivity index (χ0n) is 14.6. The highest BCUT2D eigenvalue weighted by atomic mass is 16.4. The van der Waals surface area contributed by atoms with Crippen molar-refractivity contribution >= 4 is 6.03 Å². The highest BCUT2D eigenvalue weighted by Crippen LogP contribution is 2.28. The van der Waals surface area contributed by atoms with Gasteiger partial charge in [-0.05, 0) is 51.8 Å². The predicted molar refractivity (Wildman–Crippen MR) is 91.7 cm³/mol. The molecule has 2 N–H and O–H groups in total. The fraction of sp³-hybridized carbons (Fsp3) is 0.722. The number of aliphatic hydroxyl groups is 1. The van der Waals surface area contributed by atoms with Crippen LogP contribution in [-0.2, 0) is 0 Å². The predicted octanol–water partition coefficient (Wildman–Crippen LogP) is 2.36. The minimum absolute atomic E-state index is 0.0137. The maximum Gasteiger partial charge on any atom is 0.317 e. The van der Waals surface area contributed by atoms with Crippen LogP contribution in [0.25, 0.3) is 0 Å². The second-order valence-corrected chi connectivity index (χ2v) is 7.19. The van der Waals surface area contributed by atoms with Crippen LogP contribution in [0.3, 0.4) is 0 Å². The van der Waals surface area contributed by atoms with Crippen LogP contribution in [0.4, 0.5) is 4.79 Å². The lowest BCUT2D eigenvalue weighted by molar-refractivity contribution is 0.107. The first-order chi connectivity index (χ1) is 11.6. The number of furan rings is 1. The highest BCUT2D eigenvalue weighted by Gasteiger charge is 2.32. The number of aliphatic hydroxyl groups excluding tert-OH is 1. The monoisotopic (exact) mass is 335 g/mol. The van der Waals surface area contributed by atoms with E-state index < -0.39 is 6.10 Å². The standard InChI is InChI=1S/C18H29N3O3/c1-13(20(2)14-7-8-14)12-19-18(23)21-9-3-5-15(21)11-16(22)17-6-4-10-24-17/h4,6,10,13-16,22H,3,5,7-9,11-12H2,1-2H3,(H,19,23)/t13-,15+,16+/m1/s1. The SMILES string of the molecule is C[C@H](CNC(=O)N1CCC[C@H]1C[C@H](O)c1ccco1)N(C)C1CC1. The van der Waals surface area contributed by atoms with Crippen molar-refractivity contribution in [2.24, 2.45) is 0 Å². The van der Waals surface area contributed by atoms with Gasteiger partial charge in [-0.1, -0.05) is 0 Å². The number of nitrogens with zero attached hydrogens (tertiary/aromatic N) is 2. The molecule has 2 amide bonds. The lowest BCUT2D eigenvalue weighted by atomic mass is 10.1. The molecule has 134 valence electrons. The Hall–Kier alpha value is -1.53. The fourth-order valence-corrected chi connectivity index (χ4v) is 3.53. The molecule has 24 heavy (non-hydrogen) atoms. The van der Waals surface area contributed by atoms with Gasteiger partial charge in [0.05, 0.1) is 6.26 Å². The second kappa shape index (κ2) is 7.57. The first-order valence-corrected chi connectivity index (χ1v) is 9.04. The van der Waals surface area contributed by atoms with Crippen LogP contribution >= 0.6 is 0 Å². The largest absolute Gasteiger partial charge is 0.467 e. The highest BCUT2D eigenvalue weighted by molar-refractivity contribution is 5.74. The molecule has 6 nitrogen and oxygen atoms in total. The normalized spacial score (nSPS) is 23.5. The van der Waals surface area contributed by atoms with E-state index in [4.69, 9.17) is 4.42 Å². The summed E-state index contributed by atoms with van der Waals surface area (Å²) in [6.07, 6.45) is 5.90. The molecule has 1 aromatic rings. The van der Waals surface area contributed by atoms with E-state index in [1.807, 2.05) is 4.90 Å². The summed E-state index contributed by atoms with van der Waals surface area (Å²) in [5.74, 6) is 0.571. The summed E-state index contributed by atoms with van der Waals surface area (Å²) in [6.45, 7) is 3.57. The van der Waals surface area contributed by atoms with E-state index in [1.54, 1.807) is 18.4 Å². The van der Waals surface area contributed by atoms with Crippen molar-refractivity contribution in [1.29, 1.82) is 0 Å². The Labute approximate surface area is 143 Å². The van der Waals surface area contributed by atoms with Gasteiger partial charge in [-0.2, -0.15) is 0 Å². The van der Waals surface area contributed by atoms with Gasteiger partial charge in [0.15, 0.2) is 0 Å². The third-order valence-electron chi connectivity index (χ3n) is 5.37. The van der Waals surface area contributed by atoms with Crippen molar-refractivity contribution in [3.8, 4) is 0 Å². The molecule has 0 bridgehead atoms. The molecular formula is C18H29N3O3. The third kappa shape index (κ3) is 4.11. The van der Waals surface area contributed by atoms with E-state index in [9.17, 15) is 9.90 Å². The molecule has 2 aliphatic rings. The number of nitrogens with one attached hydrogen (secondary N) is 1. The fourth-order valence-electron chi connectivity index (χ4n) is 3.53. The molecule has 3 atom stereocenters. The Bertz CT molecular complexity index is 530. The molecule has 0 unspecified atom stereocenters.